The van der Waals surface area contributed by atoms with E-state index < -0.39 is 0 Å². The molecule has 4 aromatic heterocycles. The van der Waals surface area contributed by atoms with E-state index in [1.807, 2.05) is 18.2 Å². The van der Waals surface area contributed by atoms with Crippen molar-refractivity contribution in [1.82, 2.24) is 28.7 Å². The van der Waals surface area contributed by atoms with Crippen molar-refractivity contribution in [3.63, 3.8) is 0 Å². The Morgan fingerprint density at radius 2 is 0.725 bits per heavy atom. The van der Waals surface area contributed by atoms with Crippen LogP contribution in [-0.2, 0) is 0 Å². The Bertz CT molecular complexity index is 4280. The summed E-state index contributed by atoms with van der Waals surface area (Å²) in [5.74, 6) is 1.74. The molecule has 322 valence electrons. The highest BCUT2D eigenvalue weighted by atomic mass is 15.2. The second-order valence-electron chi connectivity index (χ2n) is 17.6. The van der Waals surface area contributed by atoms with E-state index >= 15 is 0 Å². The molecule has 4 heterocycles. The highest BCUT2D eigenvalue weighted by molar-refractivity contribution is 6.24. The summed E-state index contributed by atoms with van der Waals surface area (Å²) >= 11 is 0. The number of aromatic nitrogens is 6. The third-order valence-corrected chi connectivity index (χ3v) is 13.7. The van der Waals surface area contributed by atoms with Crippen molar-refractivity contribution in [3.05, 3.63) is 243 Å². The number of benzene rings is 10. The highest BCUT2D eigenvalue weighted by Crippen LogP contribution is 2.44. The van der Waals surface area contributed by atoms with Gasteiger partial charge in [0.2, 0.25) is 5.95 Å². The van der Waals surface area contributed by atoms with Gasteiger partial charge in [0.1, 0.15) is 0 Å². The van der Waals surface area contributed by atoms with Crippen LogP contribution in [0.1, 0.15) is 0 Å². The lowest BCUT2D eigenvalue weighted by atomic mass is 9.98. The van der Waals surface area contributed by atoms with Crippen molar-refractivity contribution >= 4 is 65.4 Å². The molecule has 0 saturated heterocycles. The average Bonchev–Trinajstić information content (AvgIpc) is 4.07. The van der Waals surface area contributed by atoms with Crippen LogP contribution in [0.5, 0.6) is 0 Å². The maximum atomic E-state index is 5.53. The molecule has 0 spiro atoms. The third kappa shape index (κ3) is 6.16. The zero-order valence-corrected chi connectivity index (χ0v) is 37.3. The molecule has 14 rings (SSSR count). The Labute approximate surface area is 397 Å². The summed E-state index contributed by atoms with van der Waals surface area (Å²) in [6.45, 7) is 0. The van der Waals surface area contributed by atoms with Gasteiger partial charge in [0.25, 0.3) is 0 Å². The molecule has 14 aromatic rings. The number of hydrogen-bond donors (Lipinski definition) is 0. The van der Waals surface area contributed by atoms with Crippen molar-refractivity contribution in [1.29, 1.82) is 0 Å². The van der Waals surface area contributed by atoms with Gasteiger partial charge in [-0.1, -0.05) is 188 Å². The van der Waals surface area contributed by atoms with Gasteiger partial charge in [-0.15, -0.1) is 0 Å². The van der Waals surface area contributed by atoms with Crippen LogP contribution in [0.15, 0.2) is 243 Å². The lowest BCUT2D eigenvalue weighted by Crippen LogP contribution is -2.07. The van der Waals surface area contributed by atoms with Crippen molar-refractivity contribution in [2.75, 3.05) is 0 Å². The zero-order chi connectivity index (χ0) is 45.4. The molecule has 0 aliphatic rings. The van der Waals surface area contributed by atoms with Crippen molar-refractivity contribution in [2.24, 2.45) is 0 Å². The van der Waals surface area contributed by atoms with Crippen molar-refractivity contribution in [3.8, 4) is 62.4 Å². The second-order valence-corrected chi connectivity index (χ2v) is 17.6. The van der Waals surface area contributed by atoms with Gasteiger partial charge >= 0.3 is 0 Å². The summed E-state index contributed by atoms with van der Waals surface area (Å²) in [5, 5.41) is 6.83. The van der Waals surface area contributed by atoms with Gasteiger partial charge < -0.3 is 9.13 Å². The first-order chi connectivity index (χ1) is 34.2. The maximum Gasteiger partial charge on any atom is 0.238 e. The lowest BCUT2D eigenvalue weighted by Gasteiger charge is -2.17. The minimum Gasteiger partial charge on any atom is -0.309 e. The number of nitrogens with zero attached hydrogens (tertiary/aromatic N) is 6. The quantitative estimate of drug-likeness (QED) is 0.160. The topological polar surface area (TPSA) is 53.5 Å². The van der Waals surface area contributed by atoms with Crippen LogP contribution < -0.4 is 0 Å². The fourth-order valence-corrected chi connectivity index (χ4v) is 10.6. The molecule has 0 saturated carbocycles. The molecule has 0 radical (unpaired) electrons. The molecule has 0 unspecified atom stereocenters. The van der Waals surface area contributed by atoms with Crippen LogP contribution in [0.4, 0.5) is 0 Å². The molecule has 0 aliphatic carbocycles. The first-order valence-electron chi connectivity index (χ1n) is 23.4. The molecule has 0 fully saturated rings. The molecule has 0 N–H and O–H groups in total. The Hall–Kier alpha value is -9.39. The molecule has 0 bridgehead atoms. The van der Waals surface area contributed by atoms with E-state index in [-0.39, 0.29) is 0 Å². The van der Waals surface area contributed by atoms with Crippen LogP contribution in [0.3, 0.4) is 0 Å². The minimum absolute atomic E-state index is 0.544. The smallest absolute Gasteiger partial charge is 0.238 e. The van der Waals surface area contributed by atoms with Crippen molar-refractivity contribution < 1.29 is 0 Å². The Balaban J connectivity index is 1.09. The summed E-state index contributed by atoms with van der Waals surface area (Å²) in [4.78, 5) is 16.3. The Kier molecular flexibility index (Phi) is 8.79. The van der Waals surface area contributed by atoms with E-state index in [0.29, 0.717) is 17.6 Å². The molecule has 10 aromatic carbocycles. The second kappa shape index (κ2) is 15.6. The maximum absolute atomic E-state index is 5.53. The molecular formula is C63H40N6. The molecule has 0 amide bonds. The van der Waals surface area contributed by atoms with E-state index in [9.17, 15) is 0 Å². The normalized spacial score (nSPS) is 11.8. The molecule has 6 heteroatoms. The highest BCUT2D eigenvalue weighted by Gasteiger charge is 2.25. The summed E-state index contributed by atoms with van der Waals surface area (Å²) in [6.07, 6.45) is 0. The van der Waals surface area contributed by atoms with E-state index in [1.165, 1.54) is 10.8 Å². The minimum atomic E-state index is 0.544. The van der Waals surface area contributed by atoms with Gasteiger partial charge in [0.15, 0.2) is 11.6 Å². The average molecular weight is 881 g/mol. The van der Waals surface area contributed by atoms with E-state index in [1.54, 1.807) is 0 Å². The molecule has 69 heavy (non-hydrogen) atoms. The Morgan fingerprint density at radius 3 is 1.36 bits per heavy atom. The lowest BCUT2D eigenvalue weighted by molar-refractivity contribution is 0.953. The standard InChI is InChI=1S/C63H40N6/c1-5-19-41(20-6-1)44-33-35-47(42-21-7-2-8-22-42)58(40-44)68-55-31-17-13-27-48(55)51-36-37-52-49-28-14-18-32-56(49)69(60(52)59(51)68)63-65-61(43-23-9-3-10-24-43)64-62(66-63)45-34-38-57-53(39-45)50-29-15-16-30-54(50)67(57)46-25-11-4-12-26-46/h1-40H. The number of hydrogen-bond acceptors (Lipinski definition) is 3. The molecule has 0 aliphatic heterocycles. The summed E-state index contributed by atoms with van der Waals surface area (Å²) in [6, 6.07) is 86.3. The predicted molar refractivity (Wildman–Crippen MR) is 285 cm³/mol. The van der Waals surface area contributed by atoms with Gasteiger partial charge in [0, 0.05) is 54.7 Å². The van der Waals surface area contributed by atoms with Gasteiger partial charge in [-0.05, 0) is 71.3 Å². The monoisotopic (exact) mass is 880 g/mol. The molecular weight excluding hydrogens is 841 g/mol. The predicted octanol–water partition coefficient (Wildman–Crippen LogP) is 15.8. The fraction of sp³-hybridized carbons (Fsp3) is 0. The van der Waals surface area contributed by atoms with Crippen LogP contribution in [0, 0.1) is 0 Å². The van der Waals surface area contributed by atoms with E-state index in [4.69, 9.17) is 15.0 Å². The third-order valence-electron chi connectivity index (χ3n) is 13.7. The zero-order valence-electron chi connectivity index (χ0n) is 37.3. The van der Waals surface area contributed by atoms with Gasteiger partial charge in [-0.2, -0.15) is 9.97 Å². The van der Waals surface area contributed by atoms with Crippen molar-refractivity contribution in [2.45, 2.75) is 0 Å². The summed E-state index contributed by atoms with van der Waals surface area (Å²) < 4.78 is 7.10. The molecule has 0 atom stereocenters. The Morgan fingerprint density at radius 1 is 0.261 bits per heavy atom. The van der Waals surface area contributed by atoms with E-state index in [2.05, 4.69) is 238 Å². The molecule has 6 nitrogen and oxygen atoms in total. The largest absolute Gasteiger partial charge is 0.309 e. The number of fused-ring (bicyclic) bond motifs is 10. The first-order valence-corrected chi connectivity index (χ1v) is 23.4. The number of rotatable bonds is 7. The summed E-state index contributed by atoms with van der Waals surface area (Å²) in [5.41, 5.74) is 15.1. The van der Waals surface area contributed by atoms with Gasteiger partial charge in [-0.25, -0.2) is 4.98 Å². The first kappa shape index (κ1) is 38.8. The fourth-order valence-electron chi connectivity index (χ4n) is 10.6. The van der Waals surface area contributed by atoms with Crippen LogP contribution in [0.2, 0.25) is 0 Å². The van der Waals surface area contributed by atoms with Crippen LogP contribution in [0.25, 0.3) is 128 Å². The van der Waals surface area contributed by atoms with Crippen LogP contribution in [-0.4, -0.2) is 28.7 Å². The van der Waals surface area contributed by atoms with E-state index in [0.717, 1.165) is 99.4 Å². The van der Waals surface area contributed by atoms with Gasteiger partial charge in [-0.3, -0.25) is 4.57 Å². The van der Waals surface area contributed by atoms with Crippen LogP contribution >= 0.6 is 0 Å². The van der Waals surface area contributed by atoms with Gasteiger partial charge in [0.05, 0.1) is 38.8 Å². The summed E-state index contributed by atoms with van der Waals surface area (Å²) in [7, 11) is 0. The number of para-hydroxylation sites is 4. The SMILES string of the molecule is c1ccc(-c2ccc(-c3ccccc3)c(-n3c4ccccc4c4ccc5c6ccccc6n(-c6nc(-c7ccccc7)nc(-c7ccc8c(c7)c7ccccc7n8-c7ccccc7)n6)c5c43)c2)cc1.